The van der Waals surface area contributed by atoms with Gasteiger partial charge in [-0.05, 0) is 24.6 Å². The Bertz CT molecular complexity index is 542. The summed E-state index contributed by atoms with van der Waals surface area (Å²) in [5, 5.41) is 3.59. The molecule has 0 bridgehead atoms. The van der Waals surface area contributed by atoms with Crippen molar-refractivity contribution in [2.45, 2.75) is 17.9 Å². The number of halogens is 1. The zero-order chi connectivity index (χ0) is 13.9. The first kappa shape index (κ1) is 14.7. The summed E-state index contributed by atoms with van der Waals surface area (Å²) in [6.45, 7) is 3.99. The average Bonchev–Trinajstić information content (AvgIpc) is 2.41. The number of morpholine rings is 1. The van der Waals surface area contributed by atoms with Gasteiger partial charge in [0, 0.05) is 24.7 Å². The van der Waals surface area contributed by atoms with Gasteiger partial charge in [-0.2, -0.15) is 0 Å². The lowest BCUT2D eigenvalue weighted by molar-refractivity contribution is 0.0324. The van der Waals surface area contributed by atoms with Crippen molar-refractivity contribution in [1.29, 1.82) is 0 Å². The second-order valence-corrected chi connectivity index (χ2v) is 6.55. The van der Waals surface area contributed by atoms with E-state index in [1.165, 1.54) is 0 Å². The van der Waals surface area contributed by atoms with Gasteiger partial charge in [0.2, 0.25) is 10.0 Å². The summed E-state index contributed by atoms with van der Waals surface area (Å²) in [6, 6.07) is 4.84. The maximum atomic E-state index is 12.2. The van der Waals surface area contributed by atoms with Gasteiger partial charge in [-0.1, -0.05) is 17.7 Å². The molecule has 0 saturated carbocycles. The van der Waals surface area contributed by atoms with E-state index in [9.17, 15) is 8.42 Å². The number of rotatable bonds is 4. The summed E-state index contributed by atoms with van der Waals surface area (Å²) < 4.78 is 32.4. The van der Waals surface area contributed by atoms with Crippen LogP contribution in [0.3, 0.4) is 0 Å². The molecule has 106 valence electrons. The number of sulfonamides is 1. The Morgan fingerprint density at radius 3 is 3.00 bits per heavy atom. The van der Waals surface area contributed by atoms with E-state index in [0.717, 1.165) is 6.54 Å². The zero-order valence-electron chi connectivity index (χ0n) is 10.6. The molecule has 19 heavy (non-hydrogen) atoms. The lowest BCUT2D eigenvalue weighted by Crippen LogP contribution is -2.45. The quantitative estimate of drug-likeness (QED) is 0.868. The van der Waals surface area contributed by atoms with Crippen LogP contribution in [0, 0.1) is 6.92 Å². The lowest BCUT2D eigenvalue weighted by atomic mass is 10.2. The second kappa shape index (κ2) is 6.19. The molecule has 1 fully saturated rings. The molecule has 7 heteroatoms. The van der Waals surface area contributed by atoms with Gasteiger partial charge in [0.15, 0.2) is 0 Å². The Morgan fingerprint density at radius 2 is 2.32 bits per heavy atom. The van der Waals surface area contributed by atoms with Crippen LogP contribution < -0.4 is 10.0 Å². The molecule has 1 atom stereocenters. The molecule has 0 aliphatic carbocycles. The van der Waals surface area contributed by atoms with Gasteiger partial charge in [0.25, 0.3) is 0 Å². The third-order valence-corrected chi connectivity index (χ3v) is 4.99. The normalized spacial score (nSPS) is 20.4. The minimum atomic E-state index is -3.56. The van der Waals surface area contributed by atoms with Crippen molar-refractivity contribution in [3.05, 3.63) is 28.8 Å². The van der Waals surface area contributed by atoms with Crippen molar-refractivity contribution >= 4 is 21.6 Å². The lowest BCUT2D eigenvalue weighted by Gasteiger charge is -2.23. The van der Waals surface area contributed by atoms with Crippen molar-refractivity contribution in [3.8, 4) is 0 Å². The Labute approximate surface area is 118 Å². The smallest absolute Gasteiger partial charge is 0.240 e. The minimum Gasteiger partial charge on any atom is -0.374 e. The maximum Gasteiger partial charge on any atom is 0.240 e. The van der Waals surface area contributed by atoms with Gasteiger partial charge in [-0.3, -0.25) is 0 Å². The van der Waals surface area contributed by atoms with Crippen molar-refractivity contribution in [2.24, 2.45) is 0 Å². The Hall–Kier alpha value is -0.660. The monoisotopic (exact) mass is 304 g/mol. The summed E-state index contributed by atoms with van der Waals surface area (Å²) in [5.41, 5.74) is 0.555. The second-order valence-electron chi connectivity index (χ2n) is 4.41. The molecular formula is C12H17ClN2O3S. The van der Waals surface area contributed by atoms with Gasteiger partial charge in [0.1, 0.15) is 0 Å². The number of nitrogens with one attached hydrogen (secondary N) is 2. The molecule has 1 unspecified atom stereocenters. The molecule has 5 nitrogen and oxygen atoms in total. The Morgan fingerprint density at radius 1 is 1.53 bits per heavy atom. The molecule has 0 amide bonds. The fourth-order valence-corrected chi connectivity index (χ4v) is 3.47. The number of ether oxygens (including phenoxy) is 1. The highest BCUT2D eigenvalue weighted by Gasteiger charge is 2.21. The van der Waals surface area contributed by atoms with E-state index < -0.39 is 10.0 Å². The van der Waals surface area contributed by atoms with E-state index in [1.54, 1.807) is 25.1 Å². The van der Waals surface area contributed by atoms with Crippen molar-refractivity contribution in [3.63, 3.8) is 0 Å². The number of hydrogen-bond donors (Lipinski definition) is 2. The zero-order valence-corrected chi connectivity index (χ0v) is 12.2. The molecule has 1 aliphatic rings. The van der Waals surface area contributed by atoms with Gasteiger partial charge in [-0.15, -0.1) is 0 Å². The van der Waals surface area contributed by atoms with Crippen molar-refractivity contribution < 1.29 is 13.2 Å². The minimum absolute atomic E-state index is 0.136. The van der Waals surface area contributed by atoms with E-state index in [2.05, 4.69) is 10.0 Å². The van der Waals surface area contributed by atoms with E-state index in [-0.39, 0.29) is 17.5 Å². The van der Waals surface area contributed by atoms with Crippen LogP contribution >= 0.6 is 11.6 Å². The van der Waals surface area contributed by atoms with E-state index in [4.69, 9.17) is 16.3 Å². The molecule has 0 spiro atoms. The first-order chi connectivity index (χ1) is 9.00. The largest absolute Gasteiger partial charge is 0.374 e. The summed E-state index contributed by atoms with van der Waals surface area (Å²) >= 11 is 5.94. The predicted molar refractivity (Wildman–Crippen MR) is 74.0 cm³/mol. The first-order valence-electron chi connectivity index (χ1n) is 6.08. The molecule has 1 heterocycles. The molecule has 2 rings (SSSR count). The van der Waals surface area contributed by atoms with Crippen LogP contribution in [-0.2, 0) is 14.8 Å². The van der Waals surface area contributed by atoms with Gasteiger partial charge >= 0.3 is 0 Å². The molecule has 0 aromatic heterocycles. The van der Waals surface area contributed by atoms with E-state index >= 15 is 0 Å². The molecule has 1 aliphatic heterocycles. The van der Waals surface area contributed by atoms with Gasteiger partial charge in [0.05, 0.1) is 17.6 Å². The fraction of sp³-hybridized carbons (Fsp3) is 0.500. The summed E-state index contributed by atoms with van der Waals surface area (Å²) in [6.07, 6.45) is -0.136. The predicted octanol–water partition coefficient (Wildman–Crippen LogP) is 0.915. The van der Waals surface area contributed by atoms with Crippen LogP contribution in [0.25, 0.3) is 0 Å². The molecule has 1 aromatic rings. The highest BCUT2D eigenvalue weighted by molar-refractivity contribution is 7.89. The topological polar surface area (TPSA) is 67.4 Å². The van der Waals surface area contributed by atoms with Crippen molar-refractivity contribution in [1.82, 2.24) is 10.0 Å². The van der Waals surface area contributed by atoms with E-state index in [0.29, 0.717) is 23.7 Å². The van der Waals surface area contributed by atoms with Crippen LogP contribution in [0.2, 0.25) is 5.02 Å². The first-order valence-corrected chi connectivity index (χ1v) is 7.94. The van der Waals surface area contributed by atoms with Crippen LogP contribution in [0.15, 0.2) is 23.1 Å². The standard InChI is InChI=1S/C12H17ClN2O3S/c1-9-11(13)3-2-4-12(9)19(16,17)15-8-10-7-14-5-6-18-10/h2-4,10,14-15H,5-8H2,1H3. The summed E-state index contributed by atoms with van der Waals surface area (Å²) in [5.74, 6) is 0. The van der Waals surface area contributed by atoms with Crippen LogP contribution in [0.4, 0.5) is 0 Å². The Balaban J connectivity index is 2.07. The van der Waals surface area contributed by atoms with Crippen LogP contribution in [0.5, 0.6) is 0 Å². The molecular weight excluding hydrogens is 288 g/mol. The molecule has 1 saturated heterocycles. The molecule has 0 radical (unpaired) electrons. The SMILES string of the molecule is Cc1c(Cl)cccc1S(=O)(=O)NCC1CNCCO1. The third kappa shape index (κ3) is 3.67. The third-order valence-electron chi connectivity index (χ3n) is 3.01. The van der Waals surface area contributed by atoms with Gasteiger partial charge in [-0.25, -0.2) is 13.1 Å². The molecule has 1 aromatic carbocycles. The highest BCUT2D eigenvalue weighted by Crippen LogP contribution is 2.22. The number of hydrogen-bond acceptors (Lipinski definition) is 4. The maximum absolute atomic E-state index is 12.2. The van der Waals surface area contributed by atoms with Crippen LogP contribution in [0.1, 0.15) is 5.56 Å². The van der Waals surface area contributed by atoms with Crippen LogP contribution in [-0.4, -0.2) is 40.8 Å². The Kier molecular flexibility index (Phi) is 4.81. The summed E-state index contributed by atoms with van der Waals surface area (Å²) in [4.78, 5) is 0.212. The summed E-state index contributed by atoms with van der Waals surface area (Å²) in [7, 11) is -3.56. The number of benzene rings is 1. The fourth-order valence-electron chi connectivity index (χ4n) is 1.91. The van der Waals surface area contributed by atoms with Crippen molar-refractivity contribution in [2.75, 3.05) is 26.2 Å². The molecule has 2 N–H and O–H groups in total. The average molecular weight is 305 g/mol. The van der Waals surface area contributed by atoms with Gasteiger partial charge < -0.3 is 10.1 Å². The highest BCUT2D eigenvalue weighted by atomic mass is 35.5. The van der Waals surface area contributed by atoms with E-state index in [1.807, 2.05) is 0 Å².